The van der Waals surface area contributed by atoms with Gasteiger partial charge in [-0.05, 0) is 24.6 Å². The first-order valence-corrected chi connectivity index (χ1v) is 5.45. The predicted octanol–water partition coefficient (Wildman–Crippen LogP) is 2.71. The lowest BCUT2D eigenvalue weighted by Crippen LogP contribution is -2.30. The van der Waals surface area contributed by atoms with Gasteiger partial charge in [-0.2, -0.15) is 0 Å². The second-order valence-electron chi connectivity index (χ2n) is 3.69. The van der Waals surface area contributed by atoms with Gasteiger partial charge in [-0.1, -0.05) is 12.1 Å². The van der Waals surface area contributed by atoms with Crippen molar-refractivity contribution in [2.45, 2.75) is 19.4 Å². The number of benzene rings is 1. The standard InChI is InChI=1S/C12H15ClO3/c1-9(14)16-12(2,8-13)10-4-6-11(15-3)7-5-10/h4-7H,8H2,1-3H3. The van der Waals surface area contributed by atoms with E-state index in [4.69, 9.17) is 21.1 Å². The monoisotopic (exact) mass is 242 g/mol. The lowest BCUT2D eigenvalue weighted by molar-refractivity contribution is -0.154. The molecule has 0 saturated carbocycles. The fraction of sp³-hybridized carbons (Fsp3) is 0.417. The lowest BCUT2D eigenvalue weighted by Gasteiger charge is -2.27. The molecule has 0 bridgehead atoms. The van der Waals surface area contributed by atoms with Crippen LogP contribution in [0.3, 0.4) is 0 Å². The maximum Gasteiger partial charge on any atom is 0.303 e. The lowest BCUT2D eigenvalue weighted by atomic mass is 9.98. The third-order valence-corrected chi connectivity index (χ3v) is 2.83. The fourth-order valence-electron chi connectivity index (χ4n) is 1.42. The Hall–Kier alpha value is -1.22. The molecule has 0 amide bonds. The van der Waals surface area contributed by atoms with E-state index in [1.165, 1.54) is 6.92 Å². The highest BCUT2D eigenvalue weighted by molar-refractivity contribution is 6.18. The molecule has 0 spiro atoms. The molecule has 0 aliphatic carbocycles. The molecular weight excluding hydrogens is 228 g/mol. The Balaban J connectivity index is 2.98. The number of esters is 1. The van der Waals surface area contributed by atoms with Crippen molar-refractivity contribution in [2.75, 3.05) is 13.0 Å². The number of methoxy groups -OCH3 is 1. The topological polar surface area (TPSA) is 35.5 Å². The van der Waals surface area contributed by atoms with Gasteiger partial charge in [0.25, 0.3) is 0 Å². The number of carbonyl (C=O) groups excluding carboxylic acids is 1. The zero-order valence-electron chi connectivity index (χ0n) is 9.62. The van der Waals surface area contributed by atoms with E-state index in [9.17, 15) is 4.79 Å². The van der Waals surface area contributed by atoms with Crippen molar-refractivity contribution in [3.8, 4) is 5.75 Å². The average molecular weight is 243 g/mol. The number of hydrogen-bond donors (Lipinski definition) is 0. The molecule has 0 N–H and O–H groups in total. The maximum absolute atomic E-state index is 11.0. The van der Waals surface area contributed by atoms with E-state index in [-0.39, 0.29) is 11.8 Å². The van der Waals surface area contributed by atoms with E-state index in [2.05, 4.69) is 0 Å². The first-order chi connectivity index (χ1) is 7.51. The van der Waals surface area contributed by atoms with E-state index >= 15 is 0 Å². The highest BCUT2D eigenvalue weighted by Gasteiger charge is 2.29. The van der Waals surface area contributed by atoms with Gasteiger partial charge in [0.1, 0.15) is 11.4 Å². The summed E-state index contributed by atoms with van der Waals surface area (Å²) in [5, 5.41) is 0. The molecule has 1 aromatic rings. The third-order valence-electron chi connectivity index (χ3n) is 2.32. The molecule has 0 radical (unpaired) electrons. The van der Waals surface area contributed by atoms with Crippen molar-refractivity contribution < 1.29 is 14.3 Å². The van der Waals surface area contributed by atoms with Gasteiger partial charge in [-0.25, -0.2) is 0 Å². The molecule has 0 fully saturated rings. The van der Waals surface area contributed by atoms with Gasteiger partial charge in [-0.15, -0.1) is 11.6 Å². The van der Waals surface area contributed by atoms with E-state index in [0.717, 1.165) is 11.3 Å². The number of carbonyl (C=O) groups is 1. The second kappa shape index (κ2) is 5.21. The van der Waals surface area contributed by atoms with Crippen LogP contribution < -0.4 is 4.74 Å². The van der Waals surface area contributed by atoms with E-state index in [1.54, 1.807) is 14.0 Å². The molecule has 0 aliphatic heterocycles. The zero-order valence-corrected chi connectivity index (χ0v) is 10.4. The van der Waals surface area contributed by atoms with Gasteiger partial charge in [-0.3, -0.25) is 4.79 Å². The zero-order chi connectivity index (χ0) is 12.2. The molecule has 1 atom stereocenters. The second-order valence-corrected chi connectivity index (χ2v) is 3.95. The van der Waals surface area contributed by atoms with Crippen molar-refractivity contribution in [3.63, 3.8) is 0 Å². The van der Waals surface area contributed by atoms with Crippen molar-refractivity contribution in [2.24, 2.45) is 0 Å². The van der Waals surface area contributed by atoms with Crippen LogP contribution in [0.4, 0.5) is 0 Å². The Morgan fingerprint density at radius 3 is 2.31 bits per heavy atom. The van der Waals surface area contributed by atoms with Gasteiger partial charge in [0.05, 0.1) is 13.0 Å². The molecule has 1 rings (SSSR count). The summed E-state index contributed by atoms with van der Waals surface area (Å²) in [5.74, 6) is 0.612. The van der Waals surface area contributed by atoms with E-state index in [1.807, 2.05) is 24.3 Å². The molecule has 88 valence electrons. The molecule has 0 aromatic heterocycles. The number of alkyl halides is 1. The molecule has 0 heterocycles. The van der Waals surface area contributed by atoms with Crippen LogP contribution in [0.5, 0.6) is 5.75 Å². The van der Waals surface area contributed by atoms with Gasteiger partial charge >= 0.3 is 5.97 Å². The predicted molar refractivity (Wildman–Crippen MR) is 62.8 cm³/mol. The van der Waals surface area contributed by atoms with Crippen molar-refractivity contribution in [3.05, 3.63) is 29.8 Å². The Kier molecular flexibility index (Phi) is 4.19. The molecule has 16 heavy (non-hydrogen) atoms. The van der Waals surface area contributed by atoms with Crippen LogP contribution in [-0.2, 0) is 15.1 Å². The molecule has 1 unspecified atom stereocenters. The summed E-state index contributed by atoms with van der Waals surface area (Å²) in [6.07, 6.45) is 0. The highest BCUT2D eigenvalue weighted by atomic mass is 35.5. The van der Waals surface area contributed by atoms with Crippen LogP contribution in [0, 0.1) is 0 Å². The van der Waals surface area contributed by atoms with Gasteiger partial charge in [0.15, 0.2) is 0 Å². The van der Waals surface area contributed by atoms with Crippen molar-refractivity contribution >= 4 is 17.6 Å². The number of halogens is 1. The van der Waals surface area contributed by atoms with Crippen molar-refractivity contribution in [1.29, 1.82) is 0 Å². The van der Waals surface area contributed by atoms with Crippen LogP contribution in [0.25, 0.3) is 0 Å². The number of rotatable bonds is 4. The summed E-state index contributed by atoms with van der Waals surface area (Å²) < 4.78 is 10.3. The van der Waals surface area contributed by atoms with Crippen LogP contribution >= 0.6 is 11.6 Å². The van der Waals surface area contributed by atoms with E-state index < -0.39 is 5.60 Å². The molecule has 3 nitrogen and oxygen atoms in total. The normalized spacial score (nSPS) is 14.0. The Morgan fingerprint density at radius 2 is 1.94 bits per heavy atom. The van der Waals surface area contributed by atoms with Gasteiger partial charge in [0.2, 0.25) is 0 Å². The number of ether oxygens (including phenoxy) is 2. The van der Waals surface area contributed by atoms with Crippen LogP contribution in [0.15, 0.2) is 24.3 Å². The summed E-state index contributed by atoms with van der Waals surface area (Å²) in [7, 11) is 1.60. The first-order valence-electron chi connectivity index (χ1n) is 4.92. The van der Waals surface area contributed by atoms with Crippen LogP contribution in [0.1, 0.15) is 19.4 Å². The minimum Gasteiger partial charge on any atom is -0.497 e. The summed E-state index contributed by atoms with van der Waals surface area (Å²) in [6, 6.07) is 7.29. The quantitative estimate of drug-likeness (QED) is 0.602. The largest absolute Gasteiger partial charge is 0.497 e. The maximum atomic E-state index is 11.0. The molecule has 0 saturated heterocycles. The van der Waals surface area contributed by atoms with Crippen LogP contribution in [-0.4, -0.2) is 19.0 Å². The molecular formula is C12H15ClO3. The number of hydrogen-bond acceptors (Lipinski definition) is 3. The smallest absolute Gasteiger partial charge is 0.303 e. The summed E-state index contributed by atoms with van der Waals surface area (Å²) in [6.45, 7) is 3.15. The van der Waals surface area contributed by atoms with Gasteiger partial charge < -0.3 is 9.47 Å². The fourth-order valence-corrected chi connectivity index (χ4v) is 1.63. The average Bonchev–Trinajstić information content (AvgIpc) is 2.28. The Morgan fingerprint density at radius 1 is 1.38 bits per heavy atom. The Bertz CT molecular complexity index is 361. The van der Waals surface area contributed by atoms with Crippen LogP contribution in [0.2, 0.25) is 0 Å². The molecule has 0 aliphatic rings. The first kappa shape index (κ1) is 12.8. The third kappa shape index (κ3) is 2.89. The SMILES string of the molecule is COc1ccc(C(C)(CCl)OC(C)=O)cc1. The summed E-state index contributed by atoms with van der Waals surface area (Å²) in [4.78, 5) is 11.0. The minimum atomic E-state index is -0.792. The summed E-state index contributed by atoms with van der Waals surface area (Å²) >= 11 is 5.85. The van der Waals surface area contributed by atoms with Crippen molar-refractivity contribution in [1.82, 2.24) is 0 Å². The minimum absolute atomic E-state index is 0.207. The van der Waals surface area contributed by atoms with Gasteiger partial charge in [0, 0.05) is 6.92 Å². The van der Waals surface area contributed by atoms with E-state index in [0.29, 0.717) is 0 Å². The Labute approximate surface area is 100 Å². The molecule has 4 heteroatoms. The highest BCUT2D eigenvalue weighted by Crippen LogP contribution is 2.28. The summed E-state index contributed by atoms with van der Waals surface area (Å²) in [5.41, 5.74) is 0.0538. The molecule has 1 aromatic carbocycles.